The molecule has 0 spiro atoms. The average molecular weight is 764 g/mol. The fourth-order valence-corrected chi connectivity index (χ4v) is 69.8. The topological polar surface area (TPSA) is 9.23 Å². The summed E-state index contributed by atoms with van der Waals surface area (Å²) >= 11 is -5.94. The van der Waals surface area contributed by atoms with Crippen molar-refractivity contribution in [2.45, 2.75) is 187 Å². The minimum absolute atomic E-state index is 0.892. The zero-order valence-electron chi connectivity index (χ0n) is 29.6. The molecule has 0 rings (SSSR count). The molecule has 0 bridgehead atoms. The van der Waals surface area contributed by atoms with Crippen LogP contribution in [0, 0.1) is 35.5 Å². The molecule has 0 aromatic rings. The Hall–Kier alpha value is 1.56. The van der Waals surface area contributed by atoms with Gasteiger partial charge in [-0.2, -0.15) is 0 Å². The van der Waals surface area contributed by atoms with E-state index >= 15 is 0 Å². The van der Waals surface area contributed by atoms with Gasteiger partial charge in [-0.25, -0.2) is 0 Å². The first-order valence-electron chi connectivity index (χ1n) is 18.4. The second kappa shape index (κ2) is 23.0. The zero-order chi connectivity index (χ0) is 29.9. The van der Waals surface area contributed by atoms with Gasteiger partial charge in [-0.05, 0) is 0 Å². The fourth-order valence-electron chi connectivity index (χ4n) is 7.83. The van der Waals surface area contributed by atoms with Crippen molar-refractivity contribution in [3.63, 3.8) is 0 Å². The van der Waals surface area contributed by atoms with Crippen LogP contribution >= 0.6 is 0 Å². The maximum absolute atomic E-state index is 8.65. The van der Waals surface area contributed by atoms with Crippen molar-refractivity contribution < 1.29 is 1.41 Å². The first-order valence-corrected chi connectivity index (χ1v) is 32.8. The van der Waals surface area contributed by atoms with Crippen LogP contribution in [0.5, 0.6) is 0 Å². The van der Waals surface area contributed by atoms with Crippen LogP contribution in [-0.4, -0.2) is 37.6 Å². The quantitative estimate of drug-likeness (QED) is 0.0797. The molecule has 3 heteroatoms. The summed E-state index contributed by atoms with van der Waals surface area (Å²) in [6, 6.07) is 0. The van der Waals surface area contributed by atoms with Gasteiger partial charge in [-0.15, -0.1) is 0 Å². The Morgan fingerprint density at radius 1 is 0.282 bits per heavy atom. The molecule has 0 aromatic heterocycles. The van der Waals surface area contributed by atoms with Crippen molar-refractivity contribution in [3.05, 3.63) is 0 Å². The molecule has 0 aliphatic carbocycles. The standard InChI is InChI=1S/6C6H13.O.2Sn/c6*1-4-6(3)5-2;;;/h6*6H,3-5H2,1-2H3;;;. The van der Waals surface area contributed by atoms with Gasteiger partial charge in [0.15, 0.2) is 0 Å². The molecule has 0 aromatic carbocycles. The van der Waals surface area contributed by atoms with Gasteiger partial charge in [0, 0.05) is 0 Å². The fraction of sp³-hybridized carbons (Fsp3) is 1.00. The van der Waals surface area contributed by atoms with Crippen molar-refractivity contribution in [2.24, 2.45) is 35.5 Å². The van der Waals surface area contributed by atoms with E-state index in [4.69, 9.17) is 1.41 Å². The molecular formula is C36H78OSn2. The van der Waals surface area contributed by atoms with Crippen LogP contribution < -0.4 is 0 Å². The van der Waals surface area contributed by atoms with Gasteiger partial charge < -0.3 is 0 Å². The molecule has 0 heterocycles. The van der Waals surface area contributed by atoms with Crippen molar-refractivity contribution >= 4 is 37.6 Å². The van der Waals surface area contributed by atoms with E-state index in [1.165, 1.54) is 104 Å². The molecule has 0 unspecified atom stereocenters. The van der Waals surface area contributed by atoms with Crippen molar-refractivity contribution in [3.8, 4) is 0 Å². The summed E-state index contributed by atoms with van der Waals surface area (Å²) in [6.45, 7) is 29.8. The van der Waals surface area contributed by atoms with Gasteiger partial charge in [0.25, 0.3) is 0 Å². The summed E-state index contributed by atoms with van der Waals surface area (Å²) in [4.78, 5) is 0. The second-order valence-corrected chi connectivity index (χ2v) is 38.8. The molecule has 0 aliphatic rings. The predicted molar refractivity (Wildman–Crippen MR) is 186 cm³/mol. The SMILES string of the molecule is CCC(CC)[CH2][Sn]([CH2]C(CC)CC)([CH2]C(CC)CC)[O][Sn]([CH2]C(CC)CC)([CH2]C(CC)CC)[CH2]C(CC)CC. The van der Waals surface area contributed by atoms with E-state index in [-0.39, 0.29) is 0 Å². The third-order valence-electron chi connectivity index (χ3n) is 11.3. The zero-order valence-corrected chi connectivity index (χ0v) is 35.3. The Morgan fingerprint density at radius 3 is 0.513 bits per heavy atom. The number of hydrogen-bond acceptors (Lipinski definition) is 1. The van der Waals surface area contributed by atoms with Crippen molar-refractivity contribution in [1.29, 1.82) is 0 Å². The van der Waals surface area contributed by atoms with Gasteiger partial charge in [-0.3, -0.25) is 0 Å². The van der Waals surface area contributed by atoms with E-state index in [1.54, 1.807) is 0 Å². The Morgan fingerprint density at radius 2 is 0.410 bits per heavy atom. The molecule has 0 radical (unpaired) electrons. The van der Waals surface area contributed by atoms with Crippen LogP contribution in [0.15, 0.2) is 0 Å². The van der Waals surface area contributed by atoms with Gasteiger partial charge >= 0.3 is 261 Å². The Bertz CT molecular complexity index is 420. The number of rotatable bonds is 26. The summed E-state index contributed by atoms with van der Waals surface area (Å²) in [5.74, 6) is 5.35. The van der Waals surface area contributed by atoms with Gasteiger partial charge in [0.1, 0.15) is 0 Å². The second-order valence-electron chi connectivity index (χ2n) is 13.8. The van der Waals surface area contributed by atoms with Crippen LogP contribution in [0.1, 0.15) is 160 Å². The molecule has 1 nitrogen and oxygen atoms in total. The average Bonchev–Trinajstić information content (AvgIpc) is 2.97. The third-order valence-corrected chi connectivity index (χ3v) is 53.0. The maximum atomic E-state index is 8.65. The summed E-state index contributed by atoms with van der Waals surface area (Å²) in [7, 11) is 0. The van der Waals surface area contributed by atoms with Gasteiger partial charge in [0.05, 0.1) is 0 Å². The van der Waals surface area contributed by atoms with Gasteiger partial charge in [-0.1, -0.05) is 0 Å². The molecule has 0 N–H and O–H groups in total. The molecule has 0 amide bonds. The van der Waals surface area contributed by atoms with Crippen LogP contribution in [0.25, 0.3) is 0 Å². The first kappa shape index (κ1) is 40.6. The monoisotopic (exact) mass is 766 g/mol. The summed E-state index contributed by atoms with van der Waals surface area (Å²) in [5, 5.41) is 0. The molecule has 39 heavy (non-hydrogen) atoms. The van der Waals surface area contributed by atoms with E-state index in [2.05, 4.69) is 83.1 Å². The minimum atomic E-state index is -2.97. The van der Waals surface area contributed by atoms with Crippen LogP contribution in [-0.2, 0) is 1.41 Å². The molecule has 0 fully saturated rings. The predicted octanol–water partition coefficient (Wildman–Crippen LogP) is 13.5. The normalized spacial score (nSPS) is 13.4. The molecular weight excluding hydrogens is 686 g/mol. The summed E-state index contributed by atoms with van der Waals surface area (Å²) in [5.41, 5.74) is 0. The van der Waals surface area contributed by atoms with Gasteiger partial charge in [0.2, 0.25) is 0 Å². The van der Waals surface area contributed by atoms with E-state index in [9.17, 15) is 0 Å². The van der Waals surface area contributed by atoms with Crippen molar-refractivity contribution in [1.82, 2.24) is 0 Å². The van der Waals surface area contributed by atoms with E-state index in [0.717, 1.165) is 35.5 Å². The Balaban J connectivity index is 7.23. The van der Waals surface area contributed by atoms with E-state index in [1.807, 2.05) is 0 Å². The van der Waals surface area contributed by atoms with Crippen LogP contribution in [0.3, 0.4) is 0 Å². The molecule has 0 aliphatic heterocycles. The summed E-state index contributed by atoms with van der Waals surface area (Å²) < 4.78 is 17.8. The molecule has 0 saturated carbocycles. The molecule has 0 atom stereocenters. The van der Waals surface area contributed by atoms with E-state index < -0.39 is 37.6 Å². The van der Waals surface area contributed by atoms with E-state index in [0.29, 0.717) is 0 Å². The summed E-state index contributed by atoms with van der Waals surface area (Å²) in [6.07, 6.45) is 16.3. The van der Waals surface area contributed by atoms with Crippen molar-refractivity contribution in [2.75, 3.05) is 0 Å². The number of hydrogen-bond donors (Lipinski definition) is 0. The Kier molecular flexibility index (Phi) is 23.9. The molecule has 0 saturated heterocycles. The Labute approximate surface area is 259 Å². The first-order chi connectivity index (χ1) is 18.7. The molecule has 236 valence electrons. The van der Waals surface area contributed by atoms with Crippen LogP contribution in [0.4, 0.5) is 0 Å². The van der Waals surface area contributed by atoms with Crippen LogP contribution in [0.2, 0.25) is 26.6 Å². The third kappa shape index (κ3) is 14.7.